The fourth-order valence-electron chi connectivity index (χ4n) is 1.91. The maximum absolute atomic E-state index is 4.63. The second-order valence-electron chi connectivity index (χ2n) is 6.51. The topological polar surface area (TPSA) is 28.2 Å². The van der Waals surface area contributed by atoms with Gasteiger partial charge in [-0.3, -0.25) is 0 Å². The standard InChI is InChI=1S/C16H25N3S2/c1-12(2)19(11-13-7-6-8-20-13)15-17-9-14(21-15)10-18-16(3,4)5/h6-9,12,18H,10-11H2,1-5H3. The number of thiophene rings is 1. The maximum atomic E-state index is 4.63. The SMILES string of the molecule is CC(C)N(Cc1cccs1)c1ncc(CNC(C)(C)C)s1. The van der Waals surface area contributed by atoms with Crippen LogP contribution in [0, 0.1) is 0 Å². The Labute approximate surface area is 136 Å². The van der Waals surface area contributed by atoms with E-state index in [0.717, 1.165) is 18.2 Å². The molecular weight excluding hydrogens is 298 g/mol. The van der Waals surface area contributed by atoms with E-state index in [4.69, 9.17) is 0 Å². The number of nitrogens with zero attached hydrogens (tertiary/aromatic N) is 2. The van der Waals surface area contributed by atoms with Crippen LogP contribution in [0.2, 0.25) is 0 Å². The van der Waals surface area contributed by atoms with Crippen LogP contribution in [0.25, 0.3) is 0 Å². The fraction of sp³-hybridized carbons (Fsp3) is 0.562. The zero-order valence-electron chi connectivity index (χ0n) is 13.5. The molecule has 5 heteroatoms. The molecule has 0 spiro atoms. The highest BCUT2D eigenvalue weighted by Gasteiger charge is 2.16. The molecule has 0 radical (unpaired) electrons. The third-order valence-electron chi connectivity index (χ3n) is 3.11. The molecule has 2 aromatic rings. The van der Waals surface area contributed by atoms with Gasteiger partial charge in [-0.1, -0.05) is 6.07 Å². The van der Waals surface area contributed by atoms with E-state index in [1.165, 1.54) is 9.75 Å². The van der Waals surface area contributed by atoms with Gasteiger partial charge in [-0.15, -0.1) is 22.7 Å². The van der Waals surface area contributed by atoms with E-state index in [2.05, 4.69) is 67.3 Å². The first-order valence-corrected chi connectivity index (χ1v) is 9.03. The summed E-state index contributed by atoms with van der Waals surface area (Å²) < 4.78 is 0. The molecule has 0 bridgehead atoms. The Kier molecular flexibility index (Phi) is 5.41. The van der Waals surface area contributed by atoms with Crippen LogP contribution in [0.1, 0.15) is 44.4 Å². The minimum absolute atomic E-state index is 0.138. The summed E-state index contributed by atoms with van der Waals surface area (Å²) in [5, 5.41) is 6.77. The smallest absolute Gasteiger partial charge is 0.186 e. The predicted octanol–water partition coefficient (Wildman–Crippen LogP) is 4.51. The summed E-state index contributed by atoms with van der Waals surface area (Å²) in [7, 11) is 0. The molecule has 0 aliphatic heterocycles. The summed E-state index contributed by atoms with van der Waals surface area (Å²) in [6, 6.07) is 4.75. The first-order chi connectivity index (χ1) is 9.85. The number of hydrogen-bond donors (Lipinski definition) is 1. The maximum Gasteiger partial charge on any atom is 0.186 e. The molecule has 0 aliphatic carbocycles. The summed E-state index contributed by atoms with van der Waals surface area (Å²) in [6.45, 7) is 12.8. The van der Waals surface area contributed by atoms with Crippen LogP contribution in [0.3, 0.4) is 0 Å². The lowest BCUT2D eigenvalue weighted by molar-refractivity contribution is 0.426. The Bertz CT molecular complexity index is 538. The molecule has 116 valence electrons. The molecule has 21 heavy (non-hydrogen) atoms. The molecule has 0 aromatic carbocycles. The van der Waals surface area contributed by atoms with Gasteiger partial charge in [-0.2, -0.15) is 0 Å². The van der Waals surface area contributed by atoms with Gasteiger partial charge < -0.3 is 10.2 Å². The number of hydrogen-bond acceptors (Lipinski definition) is 5. The van der Waals surface area contributed by atoms with Crippen molar-refractivity contribution in [1.82, 2.24) is 10.3 Å². The van der Waals surface area contributed by atoms with E-state index in [-0.39, 0.29) is 5.54 Å². The Morgan fingerprint density at radius 1 is 1.29 bits per heavy atom. The Hall–Kier alpha value is -0.910. The number of aromatic nitrogens is 1. The van der Waals surface area contributed by atoms with Gasteiger partial charge in [0.25, 0.3) is 0 Å². The Balaban J connectivity index is 2.05. The van der Waals surface area contributed by atoms with Crippen molar-refractivity contribution in [3.05, 3.63) is 33.5 Å². The number of nitrogens with one attached hydrogen (secondary N) is 1. The van der Waals surface area contributed by atoms with E-state index < -0.39 is 0 Å². The van der Waals surface area contributed by atoms with Crippen LogP contribution in [-0.4, -0.2) is 16.6 Å². The summed E-state index contributed by atoms with van der Waals surface area (Å²) in [6.07, 6.45) is 2.00. The van der Waals surface area contributed by atoms with E-state index in [1.54, 1.807) is 22.7 Å². The molecule has 0 unspecified atom stereocenters. The zero-order chi connectivity index (χ0) is 15.5. The predicted molar refractivity (Wildman–Crippen MR) is 94.3 cm³/mol. The van der Waals surface area contributed by atoms with Crippen molar-refractivity contribution in [3.8, 4) is 0 Å². The van der Waals surface area contributed by atoms with Crippen molar-refractivity contribution in [2.45, 2.75) is 59.3 Å². The minimum Gasteiger partial charge on any atom is -0.341 e. The summed E-state index contributed by atoms with van der Waals surface area (Å²) in [5.41, 5.74) is 0.138. The molecular formula is C16H25N3S2. The third kappa shape index (κ3) is 5.09. The molecule has 0 fully saturated rings. The summed E-state index contributed by atoms with van der Waals surface area (Å²) in [4.78, 5) is 9.67. The van der Waals surface area contributed by atoms with Crippen molar-refractivity contribution >= 4 is 27.8 Å². The van der Waals surface area contributed by atoms with Crippen molar-refractivity contribution < 1.29 is 0 Å². The van der Waals surface area contributed by atoms with Crippen molar-refractivity contribution in [2.24, 2.45) is 0 Å². The molecule has 2 heterocycles. The molecule has 0 atom stereocenters. The number of rotatable bonds is 6. The minimum atomic E-state index is 0.138. The van der Waals surface area contributed by atoms with Crippen LogP contribution < -0.4 is 10.2 Å². The van der Waals surface area contributed by atoms with Crippen molar-refractivity contribution in [1.29, 1.82) is 0 Å². The van der Waals surface area contributed by atoms with Gasteiger partial charge in [0.2, 0.25) is 0 Å². The average Bonchev–Trinajstić information content (AvgIpc) is 3.04. The fourth-order valence-corrected chi connectivity index (χ4v) is 3.59. The molecule has 2 rings (SSSR count). The van der Waals surface area contributed by atoms with E-state index in [1.807, 2.05) is 6.20 Å². The van der Waals surface area contributed by atoms with Gasteiger partial charge >= 0.3 is 0 Å². The van der Waals surface area contributed by atoms with Crippen LogP contribution in [0.4, 0.5) is 5.13 Å². The Morgan fingerprint density at radius 2 is 2.05 bits per heavy atom. The van der Waals surface area contributed by atoms with E-state index in [9.17, 15) is 0 Å². The number of thiazole rings is 1. The molecule has 0 amide bonds. The molecule has 0 saturated heterocycles. The van der Waals surface area contributed by atoms with Gasteiger partial charge in [-0.05, 0) is 46.1 Å². The van der Waals surface area contributed by atoms with Gasteiger partial charge in [0.15, 0.2) is 5.13 Å². The highest BCUT2D eigenvalue weighted by atomic mass is 32.1. The van der Waals surface area contributed by atoms with Gasteiger partial charge in [-0.25, -0.2) is 4.98 Å². The lowest BCUT2D eigenvalue weighted by Gasteiger charge is -2.25. The third-order valence-corrected chi connectivity index (χ3v) is 5.01. The van der Waals surface area contributed by atoms with Gasteiger partial charge in [0, 0.05) is 34.1 Å². The van der Waals surface area contributed by atoms with Crippen LogP contribution in [-0.2, 0) is 13.1 Å². The van der Waals surface area contributed by atoms with Crippen molar-refractivity contribution in [3.63, 3.8) is 0 Å². The first kappa shape index (κ1) is 16.5. The van der Waals surface area contributed by atoms with Crippen LogP contribution in [0.15, 0.2) is 23.7 Å². The molecule has 0 aliphatic rings. The molecule has 0 saturated carbocycles. The largest absolute Gasteiger partial charge is 0.341 e. The van der Waals surface area contributed by atoms with Gasteiger partial charge in [0.1, 0.15) is 0 Å². The lowest BCUT2D eigenvalue weighted by Crippen LogP contribution is -2.34. The highest BCUT2D eigenvalue weighted by Crippen LogP contribution is 2.27. The monoisotopic (exact) mass is 323 g/mol. The quantitative estimate of drug-likeness (QED) is 0.848. The number of anilines is 1. The summed E-state index contributed by atoms with van der Waals surface area (Å²) in [5.74, 6) is 0. The average molecular weight is 324 g/mol. The molecule has 3 nitrogen and oxygen atoms in total. The van der Waals surface area contributed by atoms with E-state index in [0.29, 0.717) is 6.04 Å². The second-order valence-corrected chi connectivity index (χ2v) is 8.64. The summed E-state index contributed by atoms with van der Waals surface area (Å²) >= 11 is 3.60. The normalized spacial score (nSPS) is 12.1. The molecule has 2 aromatic heterocycles. The first-order valence-electron chi connectivity index (χ1n) is 7.34. The Morgan fingerprint density at radius 3 is 2.62 bits per heavy atom. The molecule has 1 N–H and O–H groups in total. The van der Waals surface area contributed by atoms with Crippen LogP contribution in [0.5, 0.6) is 0 Å². The van der Waals surface area contributed by atoms with Crippen LogP contribution >= 0.6 is 22.7 Å². The van der Waals surface area contributed by atoms with E-state index >= 15 is 0 Å². The highest BCUT2D eigenvalue weighted by molar-refractivity contribution is 7.15. The zero-order valence-corrected chi connectivity index (χ0v) is 15.1. The second kappa shape index (κ2) is 6.90. The lowest BCUT2D eigenvalue weighted by atomic mass is 10.1. The van der Waals surface area contributed by atoms with Crippen molar-refractivity contribution in [2.75, 3.05) is 4.90 Å². The van der Waals surface area contributed by atoms with Gasteiger partial charge in [0.05, 0.1) is 6.54 Å².